The Balaban J connectivity index is 1.83. The summed E-state index contributed by atoms with van der Waals surface area (Å²) in [6, 6.07) is 4.46. The largest absolute Gasteiger partial charge is 0.205 e. The average Bonchev–Trinajstić information content (AvgIpc) is 2.65. The molecule has 0 bridgehead atoms. The molecular weight excluding hydrogens is 314 g/mol. The number of aromatic nitrogens is 1. The summed E-state index contributed by atoms with van der Waals surface area (Å²) in [7, 11) is 0. The molecule has 0 aliphatic heterocycles. The van der Waals surface area contributed by atoms with Crippen LogP contribution in [0.4, 0.5) is 0 Å². The maximum Gasteiger partial charge on any atom is 0.171 e. The van der Waals surface area contributed by atoms with Gasteiger partial charge in [-0.3, -0.25) is 0 Å². The third-order valence-electron chi connectivity index (χ3n) is 5.48. The smallest absolute Gasteiger partial charge is 0.171 e. The van der Waals surface area contributed by atoms with E-state index in [0.29, 0.717) is 0 Å². The summed E-state index contributed by atoms with van der Waals surface area (Å²) >= 11 is 0. The number of aryl methyl sites for hydroxylation is 2. The first-order valence-corrected chi connectivity index (χ1v) is 11.8. The van der Waals surface area contributed by atoms with Gasteiger partial charge in [-0.2, -0.15) is 0 Å². The number of pyridine rings is 1. The standard InChI is InChI=1S/C25H46N/c1-3-5-6-7-8-9-10-11-12-13-14-15-16-17-18-22-26-23-19-21-25(24-26)20-4-2/h19,21,23-24H,3-18,20,22H2,1-2H3/q+1. The third-order valence-corrected chi connectivity index (χ3v) is 5.48. The van der Waals surface area contributed by atoms with E-state index in [1.807, 2.05) is 0 Å². The number of rotatable bonds is 18. The van der Waals surface area contributed by atoms with E-state index in [9.17, 15) is 0 Å². The molecule has 0 unspecified atom stereocenters. The second-order valence-corrected chi connectivity index (χ2v) is 8.15. The molecule has 0 amide bonds. The van der Waals surface area contributed by atoms with Crippen molar-refractivity contribution in [1.82, 2.24) is 0 Å². The van der Waals surface area contributed by atoms with Crippen molar-refractivity contribution in [2.75, 3.05) is 0 Å². The lowest BCUT2D eigenvalue weighted by Gasteiger charge is -2.03. The monoisotopic (exact) mass is 360 g/mol. The normalized spacial score (nSPS) is 11.2. The van der Waals surface area contributed by atoms with Gasteiger partial charge < -0.3 is 0 Å². The zero-order valence-corrected chi connectivity index (χ0v) is 18.0. The molecule has 1 nitrogen and oxygen atoms in total. The van der Waals surface area contributed by atoms with E-state index in [0.717, 1.165) is 0 Å². The molecule has 0 saturated carbocycles. The Labute approximate surface area is 164 Å². The molecule has 1 heteroatoms. The Kier molecular flexibility index (Phi) is 15.7. The second kappa shape index (κ2) is 17.6. The fraction of sp³-hybridized carbons (Fsp3) is 0.800. The van der Waals surface area contributed by atoms with Gasteiger partial charge in [-0.15, -0.1) is 0 Å². The van der Waals surface area contributed by atoms with Crippen LogP contribution < -0.4 is 4.57 Å². The summed E-state index contributed by atoms with van der Waals surface area (Å²) < 4.78 is 2.38. The predicted molar refractivity (Wildman–Crippen MR) is 116 cm³/mol. The Morgan fingerprint density at radius 2 is 1.12 bits per heavy atom. The lowest BCUT2D eigenvalue weighted by atomic mass is 10.0. The van der Waals surface area contributed by atoms with Gasteiger partial charge in [0, 0.05) is 18.1 Å². The van der Waals surface area contributed by atoms with E-state index in [4.69, 9.17) is 0 Å². The zero-order valence-electron chi connectivity index (χ0n) is 18.0. The topological polar surface area (TPSA) is 3.88 Å². The van der Waals surface area contributed by atoms with Crippen LogP contribution in [-0.2, 0) is 13.0 Å². The highest BCUT2D eigenvalue weighted by Crippen LogP contribution is 2.13. The second-order valence-electron chi connectivity index (χ2n) is 8.15. The summed E-state index contributed by atoms with van der Waals surface area (Å²) in [5, 5.41) is 0. The molecule has 0 spiro atoms. The van der Waals surface area contributed by atoms with E-state index < -0.39 is 0 Å². The molecule has 0 aromatic carbocycles. The van der Waals surface area contributed by atoms with Crippen LogP contribution in [0.25, 0.3) is 0 Å². The van der Waals surface area contributed by atoms with E-state index >= 15 is 0 Å². The molecule has 0 N–H and O–H groups in total. The van der Waals surface area contributed by atoms with Gasteiger partial charge in [0.25, 0.3) is 0 Å². The minimum atomic E-state index is 1.19. The van der Waals surface area contributed by atoms with Crippen molar-refractivity contribution in [3.63, 3.8) is 0 Å². The van der Waals surface area contributed by atoms with E-state index in [-0.39, 0.29) is 0 Å². The fourth-order valence-electron chi connectivity index (χ4n) is 3.82. The predicted octanol–water partition coefficient (Wildman–Crippen LogP) is 7.80. The number of nitrogens with zero attached hydrogens (tertiary/aromatic N) is 1. The van der Waals surface area contributed by atoms with Crippen LogP contribution in [0.2, 0.25) is 0 Å². The van der Waals surface area contributed by atoms with Crippen molar-refractivity contribution in [3.8, 4) is 0 Å². The van der Waals surface area contributed by atoms with Crippen molar-refractivity contribution in [3.05, 3.63) is 30.1 Å². The maximum atomic E-state index is 2.38. The average molecular weight is 361 g/mol. The molecule has 0 radical (unpaired) electrons. The highest BCUT2D eigenvalue weighted by atomic mass is 14.9. The molecule has 0 saturated heterocycles. The minimum absolute atomic E-state index is 1.19. The molecule has 1 aromatic heterocycles. The van der Waals surface area contributed by atoms with Gasteiger partial charge in [-0.1, -0.05) is 104 Å². The molecular formula is C25H46N+. The Morgan fingerprint density at radius 3 is 1.62 bits per heavy atom. The SMILES string of the molecule is CCCCCCCCCCCCCCCCC[n+]1cccc(CCC)c1. The lowest BCUT2D eigenvalue weighted by Crippen LogP contribution is -2.33. The molecule has 0 aliphatic carbocycles. The van der Waals surface area contributed by atoms with Gasteiger partial charge in [0.15, 0.2) is 12.4 Å². The van der Waals surface area contributed by atoms with Crippen molar-refractivity contribution >= 4 is 0 Å². The third kappa shape index (κ3) is 13.4. The van der Waals surface area contributed by atoms with Gasteiger partial charge in [0.05, 0.1) is 0 Å². The van der Waals surface area contributed by atoms with Crippen LogP contribution in [0.1, 0.15) is 122 Å². The molecule has 1 rings (SSSR count). The molecule has 1 aromatic rings. The molecule has 0 atom stereocenters. The van der Waals surface area contributed by atoms with Crippen LogP contribution in [0.5, 0.6) is 0 Å². The van der Waals surface area contributed by atoms with E-state index in [2.05, 4.69) is 42.9 Å². The highest BCUT2D eigenvalue weighted by Gasteiger charge is 2.02. The van der Waals surface area contributed by atoms with Crippen LogP contribution in [-0.4, -0.2) is 0 Å². The summed E-state index contributed by atoms with van der Waals surface area (Å²) in [5.74, 6) is 0. The van der Waals surface area contributed by atoms with Gasteiger partial charge in [-0.05, 0) is 18.9 Å². The summed E-state index contributed by atoms with van der Waals surface area (Å²) in [6.07, 6.45) is 28.6. The van der Waals surface area contributed by atoms with E-state index in [1.165, 1.54) is 121 Å². The van der Waals surface area contributed by atoms with Gasteiger partial charge in [0.1, 0.15) is 6.54 Å². The Bertz CT molecular complexity index is 412. The van der Waals surface area contributed by atoms with Gasteiger partial charge in [-0.25, -0.2) is 4.57 Å². The summed E-state index contributed by atoms with van der Waals surface area (Å²) in [5.41, 5.74) is 1.48. The zero-order chi connectivity index (χ0) is 18.7. The number of unbranched alkanes of at least 4 members (excludes halogenated alkanes) is 14. The van der Waals surface area contributed by atoms with Crippen LogP contribution in [0, 0.1) is 0 Å². The van der Waals surface area contributed by atoms with Crippen LogP contribution >= 0.6 is 0 Å². The quantitative estimate of drug-likeness (QED) is 0.186. The Hall–Kier alpha value is -0.850. The molecule has 0 aliphatic rings. The lowest BCUT2D eigenvalue weighted by molar-refractivity contribution is -0.697. The first-order chi connectivity index (χ1) is 12.9. The Morgan fingerprint density at radius 1 is 0.615 bits per heavy atom. The van der Waals surface area contributed by atoms with Crippen molar-refractivity contribution in [2.24, 2.45) is 0 Å². The van der Waals surface area contributed by atoms with E-state index in [1.54, 1.807) is 0 Å². The van der Waals surface area contributed by atoms with Crippen molar-refractivity contribution < 1.29 is 4.57 Å². The van der Waals surface area contributed by atoms with Gasteiger partial charge >= 0.3 is 0 Å². The highest BCUT2D eigenvalue weighted by molar-refractivity contribution is 5.04. The van der Waals surface area contributed by atoms with Crippen molar-refractivity contribution in [2.45, 2.75) is 130 Å². The molecule has 26 heavy (non-hydrogen) atoms. The number of hydrogen-bond acceptors (Lipinski definition) is 0. The first-order valence-electron chi connectivity index (χ1n) is 11.8. The van der Waals surface area contributed by atoms with Crippen LogP contribution in [0.3, 0.4) is 0 Å². The van der Waals surface area contributed by atoms with Crippen LogP contribution in [0.15, 0.2) is 24.5 Å². The summed E-state index contributed by atoms with van der Waals surface area (Å²) in [6.45, 7) is 5.74. The van der Waals surface area contributed by atoms with Crippen molar-refractivity contribution in [1.29, 1.82) is 0 Å². The van der Waals surface area contributed by atoms with Gasteiger partial charge in [0.2, 0.25) is 0 Å². The number of hydrogen-bond donors (Lipinski definition) is 0. The first kappa shape index (κ1) is 23.2. The minimum Gasteiger partial charge on any atom is -0.205 e. The molecule has 1 heterocycles. The molecule has 150 valence electrons. The maximum absolute atomic E-state index is 2.38. The summed E-state index contributed by atoms with van der Waals surface area (Å²) in [4.78, 5) is 0. The fourth-order valence-corrected chi connectivity index (χ4v) is 3.82. The molecule has 0 fully saturated rings.